The summed E-state index contributed by atoms with van der Waals surface area (Å²) in [5.41, 5.74) is 3.23. The quantitative estimate of drug-likeness (QED) is 0.686. The highest BCUT2D eigenvalue weighted by Crippen LogP contribution is 2.26. The molecule has 5 heteroatoms. The Bertz CT molecular complexity index is 856. The molecule has 2 aromatic rings. The van der Waals surface area contributed by atoms with E-state index in [-0.39, 0.29) is 11.7 Å². The zero-order valence-corrected chi connectivity index (χ0v) is 17.4. The molecule has 1 aliphatic carbocycles. The Kier molecular flexibility index (Phi) is 6.68. The van der Waals surface area contributed by atoms with Crippen molar-refractivity contribution < 1.29 is 14.3 Å². The second kappa shape index (κ2) is 9.61. The first-order valence-corrected chi connectivity index (χ1v) is 11.1. The molecule has 0 bridgehead atoms. The summed E-state index contributed by atoms with van der Waals surface area (Å²) in [6.45, 7) is 2.53. The van der Waals surface area contributed by atoms with Crippen LogP contribution in [0.3, 0.4) is 0 Å². The highest BCUT2D eigenvalue weighted by Gasteiger charge is 2.23. The van der Waals surface area contributed by atoms with Gasteiger partial charge in [0, 0.05) is 24.6 Å². The predicted molar refractivity (Wildman–Crippen MR) is 116 cm³/mol. The minimum Gasteiger partial charge on any atom is -0.505 e. The third kappa shape index (κ3) is 5.82. The second-order valence-corrected chi connectivity index (χ2v) is 8.83. The van der Waals surface area contributed by atoms with E-state index in [9.17, 15) is 14.3 Å². The number of rotatable bonds is 8. The number of nitrogens with one attached hydrogen (secondary N) is 1. The lowest BCUT2D eigenvalue weighted by molar-refractivity contribution is -0.121. The fourth-order valence-electron chi connectivity index (χ4n) is 4.24. The molecule has 30 heavy (non-hydrogen) atoms. The maximum atomic E-state index is 13.5. The zero-order chi connectivity index (χ0) is 20.9. The summed E-state index contributed by atoms with van der Waals surface area (Å²) in [6, 6.07) is 13.9. The number of amides is 1. The number of phenolic OH excluding ortho intramolecular Hbond substituents is 1. The van der Waals surface area contributed by atoms with Crippen LogP contribution in [0.1, 0.15) is 48.8 Å². The number of benzene rings is 2. The van der Waals surface area contributed by atoms with Crippen LogP contribution in [-0.2, 0) is 24.2 Å². The number of likely N-dealkylation sites (tertiary alicyclic amines) is 1. The molecule has 0 atom stereocenters. The van der Waals surface area contributed by atoms with E-state index < -0.39 is 5.82 Å². The fourth-order valence-corrected chi connectivity index (χ4v) is 4.24. The lowest BCUT2D eigenvalue weighted by Crippen LogP contribution is -2.33. The largest absolute Gasteiger partial charge is 0.505 e. The van der Waals surface area contributed by atoms with Gasteiger partial charge in [0.15, 0.2) is 11.6 Å². The Morgan fingerprint density at radius 3 is 2.43 bits per heavy atom. The van der Waals surface area contributed by atoms with Crippen LogP contribution in [0.4, 0.5) is 4.39 Å². The predicted octanol–water partition coefficient (Wildman–Crippen LogP) is 4.20. The molecule has 2 fully saturated rings. The van der Waals surface area contributed by atoms with Gasteiger partial charge in [0.1, 0.15) is 0 Å². The Balaban J connectivity index is 1.20. The van der Waals surface area contributed by atoms with Crippen LogP contribution in [-0.4, -0.2) is 35.0 Å². The summed E-state index contributed by atoms with van der Waals surface area (Å²) in [5.74, 6) is 0.0523. The molecule has 0 unspecified atom stereocenters. The van der Waals surface area contributed by atoms with E-state index in [1.807, 2.05) is 0 Å². The van der Waals surface area contributed by atoms with Crippen molar-refractivity contribution in [1.82, 2.24) is 10.2 Å². The van der Waals surface area contributed by atoms with Gasteiger partial charge >= 0.3 is 0 Å². The van der Waals surface area contributed by atoms with Crippen LogP contribution in [0.2, 0.25) is 0 Å². The van der Waals surface area contributed by atoms with E-state index in [1.54, 1.807) is 12.1 Å². The van der Waals surface area contributed by atoms with Crippen molar-refractivity contribution in [3.63, 3.8) is 0 Å². The molecule has 2 aliphatic rings. The number of hydrogen-bond donors (Lipinski definition) is 2. The summed E-state index contributed by atoms with van der Waals surface area (Å²) in [5, 5.41) is 12.9. The smallest absolute Gasteiger partial charge is 0.220 e. The van der Waals surface area contributed by atoms with Crippen molar-refractivity contribution >= 4 is 5.91 Å². The maximum absolute atomic E-state index is 13.5. The van der Waals surface area contributed by atoms with Gasteiger partial charge in [0.05, 0.1) is 0 Å². The number of aromatic hydroxyl groups is 1. The van der Waals surface area contributed by atoms with E-state index in [2.05, 4.69) is 34.5 Å². The third-order valence-corrected chi connectivity index (χ3v) is 6.30. The molecule has 2 aromatic carbocycles. The summed E-state index contributed by atoms with van der Waals surface area (Å²) in [7, 11) is 0. The third-order valence-electron chi connectivity index (χ3n) is 6.30. The molecule has 1 aliphatic heterocycles. The minimum absolute atomic E-state index is 0.167. The average molecular weight is 411 g/mol. The van der Waals surface area contributed by atoms with Crippen molar-refractivity contribution in [1.29, 1.82) is 0 Å². The van der Waals surface area contributed by atoms with Gasteiger partial charge in [0.25, 0.3) is 0 Å². The highest BCUT2D eigenvalue weighted by atomic mass is 19.1. The Hall–Kier alpha value is -2.40. The minimum atomic E-state index is -0.547. The number of carbonyl (C=O) groups is 1. The van der Waals surface area contributed by atoms with Gasteiger partial charge in [-0.2, -0.15) is 0 Å². The summed E-state index contributed by atoms with van der Waals surface area (Å²) < 4.78 is 13.5. The molecule has 1 amide bonds. The molecular weight excluding hydrogens is 379 g/mol. The van der Waals surface area contributed by atoms with Crippen LogP contribution >= 0.6 is 0 Å². The van der Waals surface area contributed by atoms with Crippen molar-refractivity contribution in [2.45, 2.75) is 57.5 Å². The molecule has 0 aromatic heterocycles. The van der Waals surface area contributed by atoms with E-state index in [4.69, 9.17) is 0 Å². The Morgan fingerprint density at radius 1 is 1.03 bits per heavy atom. The summed E-state index contributed by atoms with van der Waals surface area (Å²) in [6.07, 6.45) is 6.92. The monoisotopic (exact) mass is 410 g/mol. The van der Waals surface area contributed by atoms with Crippen molar-refractivity contribution in [3.05, 3.63) is 65.0 Å². The van der Waals surface area contributed by atoms with Gasteiger partial charge in [-0.3, -0.25) is 9.69 Å². The molecule has 0 radical (unpaired) electrons. The molecule has 1 heterocycles. The molecule has 1 saturated carbocycles. The van der Waals surface area contributed by atoms with Gasteiger partial charge in [-0.25, -0.2) is 4.39 Å². The van der Waals surface area contributed by atoms with Crippen molar-refractivity contribution in [3.8, 4) is 5.75 Å². The number of halogens is 1. The molecular formula is C25H31FN2O2. The molecule has 1 saturated heterocycles. The van der Waals surface area contributed by atoms with Crippen LogP contribution in [0.5, 0.6) is 5.75 Å². The number of piperidine rings is 1. The second-order valence-electron chi connectivity index (χ2n) is 8.83. The van der Waals surface area contributed by atoms with Crippen LogP contribution in [0, 0.1) is 11.7 Å². The number of nitrogens with zero attached hydrogens (tertiary/aromatic N) is 1. The fraction of sp³-hybridized carbons (Fsp3) is 0.480. The molecule has 4 nitrogen and oxygen atoms in total. The number of aryl methyl sites for hydroxylation is 1. The van der Waals surface area contributed by atoms with E-state index in [0.29, 0.717) is 30.5 Å². The SMILES string of the molecule is O=C(CCc1ccc(CC2CCN(Cc3cccc(F)c3O)CC2)cc1)NC1CC1. The van der Waals surface area contributed by atoms with Gasteiger partial charge in [-0.15, -0.1) is 0 Å². The van der Waals surface area contributed by atoms with E-state index in [0.717, 1.165) is 51.6 Å². The van der Waals surface area contributed by atoms with E-state index >= 15 is 0 Å². The topological polar surface area (TPSA) is 52.6 Å². The van der Waals surface area contributed by atoms with Gasteiger partial charge in [-0.1, -0.05) is 36.4 Å². The van der Waals surface area contributed by atoms with Crippen LogP contribution < -0.4 is 5.32 Å². The normalized spacial score (nSPS) is 17.8. The Morgan fingerprint density at radius 2 is 1.73 bits per heavy atom. The van der Waals surface area contributed by atoms with E-state index in [1.165, 1.54) is 17.2 Å². The lowest BCUT2D eigenvalue weighted by atomic mass is 9.89. The lowest BCUT2D eigenvalue weighted by Gasteiger charge is -2.32. The first kappa shape index (κ1) is 20.9. The highest BCUT2D eigenvalue weighted by molar-refractivity contribution is 5.76. The first-order chi connectivity index (χ1) is 14.6. The number of para-hydroxylation sites is 1. The van der Waals surface area contributed by atoms with Gasteiger partial charge in [-0.05, 0) is 74.7 Å². The summed E-state index contributed by atoms with van der Waals surface area (Å²) in [4.78, 5) is 14.1. The number of hydrogen-bond acceptors (Lipinski definition) is 3. The van der Waals surface area contributed by atoms with Gasteiger partial charge < -0.3 is 10.4 Å². The zero-order valence-electron chi connectivity index (χ0n) is 17.4. The number of phenols is 1. The Labute approximate surface area is 178 Å². The number of carbonyl (C=O) groups excluding carboxylic acids is 1. The van der Waals surface area contributed by atoms with Crippen molar-refractivity contribution in [2.24, 2.45) is 5.92 Å². The maximum Gasteiger partial charge on any atom is 0.220 e. The van der Waals surface area contributed by atoms with Crippen LogP contribution in [0.15, 0.2) is 42.5 Å². The molecule has 4 rings (SSSR count). The van der Waals surface area contributed by atoms with Crippen LogP contribution in [0.25, 0.3) is 0 Å². The average Bonchev–Trinajstić information content (AvgIpc) is 3.56. The standard InChI is InChI=1S/C25H31FN2O2/c26-23-3-1-2-21(25(23)30)17-28-14-12-20(13-15-28)16-19-6-4-18(5-7-19)8-11-24(29)27-22-9-10-22/h1-7,20,22,30H,8-17H2,(H,27,29). The summed E-state index contributed by atoms with van der Waals surface area (Å²) >= 11 is 0. The van der Waals surface area contributed by atoms with Crippen molar-refractivity contribution in [2.75, 3.05) is 13.1 Å². The molecule has 0 spiro atoms. The first-order valence-electron chi connectivity index (χ1n) is 11.1. The molecule has 160 valence electrons. The molecule has 2 N–H and O–H groups in total. The van der Waals surface area contributed by atoms with Gasteiger partial charge in [0.2, 0.25) is 5.91 Å².